The van der Waals surface area contributed by atoms with Gasteiger partial charge in [-0.1, -0.05) is 6.92 Å². The molecule has 0 saturated carbocycles. The fraction of sp³-hybridized carbons (Fsp3) is 0.500. The van der Waals surface area contributed by atoms with Gasteiger partial charge in [0.15, 0.2) is 0 Å². The third-order valence-corrected chi connectivity index (χ3v) is 4.34. The molecule has 0 spiro atoms. The first-order valence-corrected chi connectivity index (χ1v) is 7.60. The molecular weight excluding hydrogens is 266 g/mol. The largest absolute Gasteiger partial charge is 0.325 e. The predicted octanol–water partition coefficient (Wildman–Crippen LogP) is 1.75. The number of nitrogens with zero attached hydrogens (tertiary/aromatic N) is 1. The molecule has 2 unspecified atom stereocenters. The molecule has 2 aliphatic rings. The SMILES string of the molecule is CC1CCNC1C(=O)Nc1ccc(N2CCCC2=O)cc1. The maximum absolute atomic E-state index is 12.2. The molecule has 0 aromatic heterocycles. The van der Waals surface area contributed by atoms with Crippen LogP contribution in [-0.4, -0.2) is 30.9 Å². The zero-order valence-corrected chi connectivity index (χ0v) is 12.3. The second-order valence-electron chi connectivity index (χ2n) is 5.88. The van der Waals surface area contributed by atoms with Crippen molar-refractivity contribution in [3.63, 3.8) is 0 Å². The summed E-state index contributed by atoms with van der Waals surface area (Å²) in [7, 11) is 0. The van der Waals surface area contributed by atoms with Gasteiger partial charge in [0, 0.05) is 24.3 Å². The van der Waals surface area contributed by atoms with Crippen LogP contribution in [0.1, 0.15) is 26.2 Å². The molecule has 5 heteroatoms. The Hall–Kier alpha value is -1.88. The van der Waals surface area contributed by atoms with Crippen LogP contribution >= 0.6 is 0 Å². The van der Waals surface area contributed by atoms with Crippen molar-refractivity contribution in [2.75, 3.05) is 23.3 Å². The van der Waals surface area contributed by atoms with Gasteiger partial charge in [-0.15, -0.1) is 0 Å². The van der Waals surface area contributed by atoms with Gasteiger partial charge < -0.3 is 15.5 Å². The van der Waals surface area contributed by atoms with Crippen molar-refractivity contribution in [1.29, 1.82) is 0 Å². The van der Waals surface area contributed by atoms with Crippen LogP contribution in [0.5, 0.6) is 0 Å². The summed E-state index contributed by atoms with van der Waals surface area (Å²) in [5, 5.41) is 6.16. The molecular formula is C16H21N3O2. The number of hydrogen-bond acceptors (Lipinski definition) is 3. The predicted molar refractivity (Wildman–Crippen MR) is 82.2 cm³/mol. The standard InChI is InChI=1S/C16H21N3O2/c1-11-8-9-17-15(11)16(21)18-12-4-6-13(7-5-12)19-10-2-3-14(19)20/h4-7,11,15,17H,2-3,8-10H2,1H3,(H,18,21). The van der Waals surface area contributed by atoms with Crippen molar-refractivity contribution >= 4 is 23.2 Å². The molecule has 2 aliphatic heterocycles. The summed E-state index contributed by atoms with van der Waals surface area (Å²) >= 11 is 0. The lowest BCUT2D eigenvalue weighted by molar-refractivity contribution is -0.118. The minimum atomic E-state index is -0.107. The van der Waals surface area contributed by atoms with E-state index in [0.29, 0.717) is 12.3 Å². The normalized spacial score (nSPS) is 25.4. The quantitative estimate of drug-likeness (QED) is 0.890. The molecule has 5 nitrogen and oxygen atoms in total. The monoisotopic (exact) mass is 287 g/mol. The Morgan fingerprint density at radius 1 is 1.33 bits per heavy atom. The van der Waals surface area contributed by atoms with Crippen LogP contribution in [0, 0.1) is 5.92 Å². The lowest BCUT2D eigenvalue weighted by Crippen LogP contribution is -2.39. The van der Waals surface area contributed by atoms with Crippen LogP contribution in [0.25, 0.3) is 0 Å². The van der Waals surface area contributed by atoms with E-state index >= 15 is 0 Å². The van der Waals surface area contributed by atoms with Gasteiger partial charge >= 0.3 is 0 Å². The molecule has 1 aromatic rings. The van der Waals surface area contributed by atoms with E-state index in [0.717, 1.165) is 37.3 Å². The van der Waals surface area contributed by atoms with E-state index in [4.69, 9.17) is 0 Å². The van der Waals surface area contributed by atoms with Crippen molar-refractivity contribution in [2.24, 2.45) is 5.92 Å². The second kappa shape index (κ2) is 5.85. The Bertz CT molecular complexity index is 541. The first kappa shape index (κ1) is 14.1. The Morgan fingerprint density at radius 3 is 2.67 bits per heavy atom. The van der Waals surface area contributed by atoms with Gasteiger partial charge in [0.05, 0.1) is 6.04 Å². The number of rotatable bonds is 3. The zero-order valence-electron chi connectivity index (χ0n) is 12.3. The van der Waals surface area contributed by atoms with Crippen LogP contribution in [0.4, 0.5) is 11.4 Å². The minimum Gasteiger partial charge on any atom is -0.325 e. The lowest BCUT2D eigenvalue weighted by Gasteiger charge is -2.18. The second-order valence-corrected chi connectivity index (χ2v) is 5.88. The zero-order chi connectivity index (χ0) is 14.8. The van der Waals surface area contributed by atoms with E-state index in [2.05, 4.69) is 17.6 Å². The Kier molecular flexibility index (Phi) is 3.92. The maximum Gasteiger partial charge on any atom is 0.241 e. The van der Waals surface area contributed by atoms with E-state index in [-0.39, 0.29) is 17.9 Å². The number of carbonyl (C=O) groups is 2. The van der Waals surface area contributed by atoms with E-state index in [1.807, 2.05) is 24.3 Å². The number of benzene rings is 1. The Morgan fingerprint density at radius 2 is 2.10 bits per heavy atom. The van der Waals surface area contributed by atoms with Crippen LogP contribution in [0.15, 0.2) is 24.3 Å². The molecule has 112 valence electrons. The van der Waals surface area contributed by atoms with Gasteiger partial charge in [-0.3, -0.25) is 9.59 Å². The molecule has 0 radical (unpaired) electrons. The van der Waals surface area contributed by atoms with Crippen molar-refractivity contribution in [2.45, 2.75) is 32.2 Å². The van der Waals surface area contributed by atoms with Crippen LogP contribution in [-0.2, 0) is 9.59 Å². The van der Waals surface area contributed by atoms with Gasteiger partial charge in [0.2, 0.25) is 11.8 Å². The van der Waals surface area contributed by atoms with Gasteiger partial charge in [0.1, 0.15) is 0 Å². The average Bonchev–Trinajstić information content (AvgIpc) is 3.08. The maximum atomic E-state index is 12.2. The summed E-state index contributed by atoms with van der Waals surface area (Å²) in [6.45, 7) is 3.77. The van der Waals surface area contributed by atoms with Gasteiger partial charge in [-0.05, 0) is 49.6 Å². The van der Waals surface area contributed by atoms with Crippen molar-refractivity contribution in [1.82, 2.24) is 5.32 Å². The average molecular weight is 287 g/mol. The minimum absolute atomic E-state index is 0.0185. The van der Waals surface area contributed by atoms with E-state index < -0.39 is 0 Å². The number of carbonyl (C=O) groups excluding carboxylic acids is 2. The molecule has 2 heterocycles. The third kappa shape index (κ3) is 2.93. The number of hydrogen-bond donors (Lipinski definition) is 2. The highest BCUT2D eigenvalue weighted by molar-refractivity contribution is 5.97. The summed E-state index contributed by atoms with van der Waals surface area (Å²) in [4.78, 5) is 25.7. The Balaban J connectivity index is 1.64. The van der Waals surface area contributed by atoms with E-state index in [9.17, 15) is 9.59 Å². The van der Waals surface area contributed by atoms with Crippen LogP contribution < -0.4 is 15.5 Å². The molecule has 0 aliphatic carbocycles. The first-order valence-electron chi connectivity index (χ1n) is 7.60. The van der Waals surface area contributed by atoms with Crippen molar-refractivity contribution in [3.8, 4) is 0 Å². The van der Waals surface area contributed by atoms with Gasteiger partial charge in [-0.25, -0.2) is 0 Å². The number of anilines is 2. The van der Waals surface area contributed by atoms with Gasteiger partial charge in [0.25, 0.3) is 0 Å². The number of nitrogens with one attached hydrogen (secondary N) is 2. The van der Waals surface area contributed by atoms with Crippen molar-refractivity contribution < 1.29 is 9.59 Å². The molecule has 2 atom stereocenters. The summed E-state index contributed by atoms with van der Waals surface area (Å²) in [6.07, 6.45) is 2.58. The van der Waals surface area contributed by atoms with Crippen LogP contribution in [0.2, 0.25) is 0 Å². The molecule has 1 aromatic carbocycles. The molecule has 2 N–H and O–H groups in total. The van der Waals surface area contributed by atoms with Crippen molar-refractivity contribution in [3.05, 3.63) is 24.3 Å². The summed E-state index contributed by atoms with van der Waals surface area (Å²) in [6, 6.07) is 7.40. The summed E-state index contributed by atoms with van der Waals surface area (Å²) < 4.78 is 0. The molecule has 21 heavy (non-hydrogen) atoms. The summed E-state index contributed by atoms with van der Waals surface area (Å²) in [5.74, 6) is 0.562. The molecule has 0 bridgehead atoms. The van der Waals surface area contributed by atoms with E-state index in [1.54, 1.807) is 4.90 Å². The molecule has 2 fully saturated rings. The van der Waals surface area contributed by atoms with Crippen LogP contribution in [0.3, 0.4) is 0 Å². The molecule has 2 amide bonds. The topological polar surface area (TPSA) is 61.4 Å². The van der Waals surface area contributed by atoms with Gasteiger partial charge in [-0.2, -0.15) is 0 Å². The smallest absolute Gasteiger partial charge is 0.241 e. The number of amides is 2. The highest BCUT2D eigenvalue weighted by atomic mass is 16.2. The molecule has 2 saturated heterocycles. The first-order chi connectivity index (χ1) is 10.1. The summed E-state index contributed by atoms with van der Waals surface area (Å²) in [5.41, 5.74) is 1.68. The van der Waals surface area contributed by atoms with E-state index in [1.165, 1.54) is 0 Å². The highest BCUT2D eigenvalue weighted by Gasteiger charge is 2.29. The fourth-order valence-corrected chi connectivity index (χ4v) is 3.05. The fourth-order valence-electron chi connectivity index (χ4n) is 3.05. The molecule has 3 rings (SSSR count). The lowest BCUT2D eigenvalue weighted by atomic mass is 10.0. The highest BCUT2D eigenvalue weighted by Crippen LogP contribution is 2.23. The third-order valence-electron chi connectivity index (χ3n) is 4.34. The Labute approximate surface area is 124 Å².